The van der Waals surface area contributed by atoms with Crippen LogP contribution in [0.15, 0.2) is 71.7 Å². The van der Waals surface area contributed by atoms with Crippen molar-refractivity contribution in [3.8, 4) is 11.5 Å². The van der Waals surface area contributed by atoms with Crippen molar-refractivity contribution in [1.82, 2.24) is 15.2 Å². The second-order valence-corrected chi connectivity index (χ2v) is 7.19. The number of nitrogens with one attached hydrogen (secondary N) is 2. The summed E-state index contributed by atoms with van der Waals surface area (Å²) in [4.78, 5) is 36.2. The molecule has 0 aliphatic carbocycles. The van der Waals surface area contributed by atoms with Crippen LogP contribution in [0.1, 0.15) is 21.5 Å². The fraction of sp³-hybridized carbons (Fsp3) is 0.208. The topological polar surface area (TPSA) is 98.7 Å². The van der Waals surface area contributed by atoms with Crippen LogP contribution < -0.4 is 25.7 Å². The number of aromatic nitrogens is 1. The third-order valence-electron chi connectivity index (χ3n) is 4.82. The summed E-state index contributed by atoms with van der Waals surface area (Å²) in [5, 5.41) is 5.16. The fourth-order valence-corrected chi connectivity index (χ4v) is 3.08. The first-order chi connectivity index (χ1) is 16.4. The van der Waals surface area contributed by atoms with Crippen LogP contribution in [0.5, 0.6) is 11.5 Å². The van der Waals surface area contributed by atoms with Gasteiger partial charge in [-0.3, -0.25) is 14.4 Å². The van der Waals surface area contributed by atoms with Crippen molar-refractivity contribution in [3.05, 3.63) is 93.9 Å². The first-order valence-corrected chi connectivity index (χ1v) is 10.3. The lowest BCUT2D eigenvalue weighted by Gasteiger charge is -2.12. The molecule has 0 saturated carbocycles. The number of alkyl halides is 2. The van der Waals surface area contributed by atoms with Gasteiger partial charge in [-0.2, -0.15) is 8.78 Å². The summed E-state index contributed by atoms with van der Waals surface area (Å²) in [5.74, 6) is -1.21. The van der Waals surface area contributed by atoms with Crippen molar-refractivity contribution in [2.45, 2.75) is 19.7 Å². The Hall–Kier alpha value is -4.21. The van der Waals surface area contributed by atoms with E-state index in [2.05, 4.69) is 15.4 Å². The minimum Gasteiger partial charge on any atom is -0.493 e. The summed E-state index contributed by atoms with van der Waals surface area (Å²) in [7, 11) is 1.26. The van der Waals surface area contributed by atoms with Crippen molar-refractivity contribution in [3.63, 3.8) is 0 Å². The first kappa shape index (κ1) is 24.4. The van der Waals surface area contributed by atoms with Gasteiger partial charge in [-0.25, -0.2) is 0 Å². The van der Waals surface area contributed by atoms with Gasteiger partial charge in [0, 0.05) is 24.4 Å². The quantitative estimate of drug-likeness (QED) is 0.474. The van der Waals surface area contributed by atoms with Crippen molar-refractivity contribution < 1.29 is 27.8 Å². The molecule has 0 fully saturated rings. The van der Waals surface area contributed by atoms with E-state index in [1.54, 1.807) is 22.9 Å². The Morgan fingerprint density at radius 3 is 2.38 bits per heavy atom. The molecule has 2 amide bonds. The van der Waals surface area contributed by atoms with Crippen molar-refractivity contribution in [2.24, 2.45) is 0 Å². The van der Waals surface area contributed by atoms with Gasteiger partial charge in [0.15, 0.2) is 11.5 Å². The SMILES string of the molecule is COc1cc(C(=O)NCC(=O)NCc2ccc(Cn3ccccc3=O)cc2)ccc1OC(F)F. The van der Waals surface area contributed by atoms with Crippen molar-refractivity contribution in [1.29, 1.82) is 0 Å². The first-order valence-electron chi connectivity index (χ1n) is 10.3. The summed E-state index contributed by atoms with van der Waals surface area (Å²) < 4.78 is 35.7. The lowest BCUT2D eigenvalue weighted by Crippen LogP contribution is -2.36. The summed E-state index contributed by atoms with van der Waals surface area (Å²) in [5.41, 5.74) is 1.83. The van der Waals surface area contributed by atoms with Crippen LogP contribution in [0.25, 0.3) is 0 Å². The molecular formula is C24H23F2N3O5. The molecule has 2 N–H and O–H groups in total. The van der Waals surface area contributed by atoms with E-state index >= 15 is 0 Å². The van der Waals surface area contributed by atoms with Crippen molar-refractivity contribution in [2.75, 3.05) is 13.7 Å². The Kier molecular flexibility index (Phi) is 8.33. The van der Waals surface area contributed by atoms with Gasteiger partial charge in [0.2, 0.25) is 5.91 Å². The number of benzene rings is 2. The number of ether oxygens (including phenoxy) is 2. The Bertz CT molecular complexity index is 1200. The van der Waals surface area contributed by atoms with Gasteiger partial charge in [0.25, 0.3) is 11.5 Å². The Morgan fingerprint density at radius 1 is 0.971 bits per heavy atom. The van der Waals surface area contributed by atoms with Gasteiger partial charge in [-0.15, -0.1) is 0 Å². The van der Waals surface area contributed by atoms with Crippen LogP contribution in [-0.4, -0.2) is 36.6 Å². The summed E-state index contributed by atoms with van der Waals surface area (Å²) in [6, 6.07) is 16.1. The zero-order valence-corrected chi connectivity index (χ0v) is 18.3. The molecule has 0 unspecified atom stereocenters. The molecule has 0 spiro atoms. The predicted molar refractivity (Wildman–Crippen MR) is 120 cm³/mol. The molecule has 3 aromatic rings. The molecule has 0 aliphatic rings. The lowest BCUT2D eigenvalue weighted by molar-refractivity contribution is -0.120. The normalized spacial score (nSPS) is 10.6. The number of nitrogens with zero attached hydrogens (tertiary/aromatic N) is 1. The van der Waals surface area contributed by atoms with Gasteiger partial charge < -0.3 is 24.7 Å². The molecule has 0 saturated heterocycles. The van der Waals surface area contributed by atoms with Crippen LogP contribution in [0.4, 0.5) is 8.78 Å². The smallest absolute Gasteiger partial charge is 0.387 e. The predicted octanol–water partition coefficient (Wildman–Crippen LogP) is 2.55. The molecule has 3 rings (SSSR count). The van der Waals surface area contributed by atoms with Crippen molar-refractivity contribution >= 4 is 11.8 Å². The molecule has 1 heterocycles. The van der Waals surface area contributed by atoms with Crippen LogP contribution >= 0.6 is 0 Å². The number of rotatable bonds is 10. The van der Waals surface area contributed by atoms with Gasteiger partial charge in [-0.1, -0.05) is 30.3 Å². The Labute approximate surface area is 194 Å². The van der Waals surface area contributed by atoms with Gasteiger partial charge in [-0.05, 0) is 35.4 Å². The molecule has 10 heteroatoms. The Balaban J connectivity index is 1.47. The molecule has 178 valence electrons. The van der Waals surface area contributed by atoms with E-state index in [9.17, 15) is 23.2 Å². The summed E-state index contributed by atoms with van der Waals surface area (Å²) in [6.45, 7) is -2.60. The maximum Gasteiger partial charge on any atom is 0.387 e. The minimum absolute atomic E-state index is 0.0296. The Morgan fingerprint density at radius 2 is 1.71 bits per heavy atom. The number of pyridine rings is 1. The van der Waals surface area contributed by atoms with Crippen LogP contribution in [0.3, 0.4) is 0 Å². The molecule has 0 radical (unpaired) electrons. The second-order valence-electron chi connectivity index (χ2n) is 7.19. The monoisotopic (exact) mass is 471 g/mol. The molecule has 0 atom stereocenters. The maximum atomic E-state index is 12.4. The highest BCUT2D eigenvalue weighted by atomic mass is 19.3. The van der Waals surface area contributed by atoms with Crippen LogP contribution in [0, 0.1) is 0 Å². The minimum atomic E-state index is -3.03. The lowest BCUT2D eigenvalue weighted by atomic mass is 10.1. The number of halogens is 2. The highest BCUT2D eigenvalue weighted by molar-refractivity contribution is 5.97. The highest BCUT2D eigenvalue weighted by Crippen LogP contribution is 2.29. The average Bonchev–Trinajstić information content (AvgIpc) is 2.83. The van der Waals surface area contributed by atoms with E-state index in [1.165, 1.54) is 31.4 Å². The fourth-order valence-electron chi connectivity index (χ4n) is 3.08. The van der Waals surface area contributed by atoms with Gasteiger partial charge in [0.05, 0.1) is 20.2 Å². The molecule has 34 heavy (non-hydrogen) atoms. The van der Waals surface area contributed by atoms with E-state index in [0.29, 0.717) is 6.54 Å². The molecule has 1 aromatic heterocycles. The second kappa shape index (κ2) is 11.6. The van der Waals surface area contributed by atoms with Gasteiger partial charge >= 0.3 is 6.61 Å². The van der Waals surface area contributed by atoms with Gasteiger partial charge in [0.1, 0.15) is 0 Å². The maximum absolute atomic E-state index is 12.4. The number of carbonyl (C=O) groups is 2. The largest absolute Gasteiger partial charge is 0.493 e. The third-order valence-corrected chi connectivity index (χ3v) is 4.82. The molecule has 2 aromatic carbocycles. The van der Waals surface area contributed by atoms with E-state index < -0.39 is 18.4 Å². The average molecular weight is 471 g/mol. The molecular weight excluding hydrogens is 448 g/mol. The van der Waals surface area contributed by atoms with E-state index in [4.69, 9.17) is 4.74 Å². The number of amides is 2. The number of hydrogen-bond donors (Lipinski definition) is 2. The number of carbonyl (C=O) groups excluding carboxylic acids is 2. The van der Waals surface area contributed by atoms with E-state index in [-0.39, 0.29) is 35.7 Å². The summed E-state index contributed by atoms with van der Waals surface area (Å²) >= 11 is 0. The number of hydrogen-bond acceptors (Lipinski definition) is 5. The molecule has 0 bridgehead atoms. The zero-order chi connectivity index (χ0) is 24.5. The standard InChI is InChI=1S/C24H23F2N3O5/c1-33-20-12-18(9-10-19(20)34-24(25)26)23(32)28-14-21(30)27-13-16-5-7-17(8-6-16)15-29-11-3-2-4-22(29)31/h2-12,24H,13-15H2,1H3,(H,27,30)(H,28,32). The van der Waals surface area contributed by atoms with Crippen LogP contribution in [0.2, 0.25) is 0 Å². The molecule has 8 nitrogen and oxygen atoms in total. The summed E-state index contributed by atoms with van der Waals surface area (Å²) in [6.07, 6.45) is 1.71. The highest BCUT2D eigenvalue weighted by Gasteiger charge is 2.15. The zero-order valence-electron chi connectivity index (χ0n) is 18.3. The van der Waals surface area contributed by atoms with E-state index in [0.717, 1.165) is 11.1 Å². The third kappa shape index (κ3) is 6.89. The number of methoxy groups -OCH3 is 1. The van der Waals surface area contributed by atoms with E-state index in [1.807, 2.05) is 24.3 Å². The van der Waals surface area contributed by atoms with Crippen LogP contribution in [-0.2, 0) is 17.9 Å². The molecule has 0 aliphatic heterocycles.